The number of nitrogens with zero attached hydrogens (tertiary/aromatic N) is 1. The van der Waals surface area contributed by atoms with Gasteiger partial charge in [0.25, 0.3) is 0 Å². The minimum atomic E-state index is -2.87. The van der Waals surface area contributed by atoms with E-state index in [1.54, 1.807) is 6.92 Å². The lowest BCUT2D eigenvalue weighted by Crippen LogP contribution is -2.37. The molecule has 1 saturated heterocycles. The van der Waals surface area contributed by atoms with E-state index < -0.39 is 15.8 Å². The third-order valence-corrected chi connectivity index (χ3v) is 5.23. The van der Waals surface area contributed by atoms with Crippen LogP contribution in [0.4, 0.5) is 0 Å². The molecule has 0 aliphatic carbocycles. The molecular weight excluding hydrogens is 254 g/mol. The highest BCUT2D eigenvalue weighted by atomic mass is 32.2. The summed E-state index contributed by atoms with van der Waals surface area (Å²) in [6.07, 6.45) is 2.86. The average molecular weight is 277 g/mol. The van der Waals surface area contributed by atoms with E-state index in [2.05, 4.69) is 4.90 Å². The molecule has 18 heavy (non-hydrogen) atoms. The van der Waals surface area contributed by atoms with Gasteiger partial charge in [-0.1, -0.05) is 6.92 Å². The molecule has 0 aromatic heterocycles. The molecule has 0 radical (unpaired) electrons. The van der Waals surface area contributed by atoms with E-state index in [-0.39, 0.29) is 23.8 Å². The van der Waals surface area contributed by atoms with E-state index in [1.165, 1.54) is 0 Å². The number of carboxylic acid groups (broad SMARTS) is 1. The van der Waals surface area contributed by atoms with E-state index in [4.69, 9.17) is 5.11 Å². The number of carboxylic acids is 1. The number of sulfone groups is 1. The highest BCUT2D eigenvalue weighted by Gasteiger charge is 2.21. The van der Waals surface area contributed by atoms with Gasteiger partial charge in [-0.2, -0.15) is 0 Å². The number of piperidine rings is 1. The van der Waals surface area contributed by atoms with Crippen LogP contribution in [0.25, 0.3) is 0 Å². The van der Waals surface area contributed by atoms with Gasteiger partial charge in [0.2, 0.25) is 0 Å². The van der Waals surface area contributed by atoms with Crippen molar-refractivity contribution in [3.05, 3.63) is 0 Å². The van der Waals surface area contributed by atoms with Gasteiger partial charge in [0.05, 0.1) is 5.75 Å². The maximum atomic E-state index is 11.4. The van der Waals surface area contributed by atoms with Crippen molar-refractivity contribution in [2.45, 2.75) is 32.6 Å². The lowest BCUT2D eigenvalue weighted by atomic mass is 9.95. The fourth-order valence-corrected chi connectivity index (χ4v) is 3.28. The predicted molar refractivity (Wildman–Crippen MR) is 70.4 cm³/mol. The molecule has 1 aliphatic heterocycles. The van der Waals surface area contributed by atoms with Gasteiger partial charge in [-0.3, -0.25) is 4.79 Å². The third kappa shape index (κ3) is 5.82. The summed E-state index contributed by atoms with van der Waals surface area (Å²) in [6, 6.07) is 0. The maximum absolute atomic E-state index is 11.4. The molecule has 1 atom stereocenters. The summed E-state index contributed by atoms with van der Waals surface area (Å²) in [5, 5.41) is 8.77. The second-order valence-electron chi connectivity index (χ2n) is 5.00. The van der Waals surface area contributed by atoms with Gasteiger partial charge < -0.3 is 10.0 Å². The summed E-state index contributed by atoms with van der Waals surface area (Å²) in [5.41, 5.74) is 0. The summed E-state index contributed by atoms with van der Waals surface area (Å²) in [4.78, 5) is 12.9. The number of carbonyl (C=O) groups is 1. The van der Waals surface area contributed by atoms with Crippen molar-refractivity contribution in [2.24, 2.45) is 5.92 Å². The Labute approximate surface area is 109 Å². The minimum absolute atomic E-state index is 0.203. The van der Waals surface area contributed by atoms with Crippen molar-refractivity contribution in [3.63, 3.8) is 0 Å². The van der Waals surface area contributed by atoms with Crippen molar-refractivity contribution in [2.75, 3.05) is 31.1 Å². The predicted octanol–water partition coefficient (Wildman–Crippen LogP) is 0.998. The molecule has 1 N–H and O–H groups in total. The minimum Gasteiger partial charge on any atom is -0.481 e. The normalized spacial score (nSPS) is 21.9. The number of hydrogen-bond donors (Lipinski definition) is 1. The number of likely N-dealkylation sites (tertiary alicyclic amines) is 1. The third-order valence-electron chi connectivity index (χ3n) is 3.44. The Morgan fingerprint density at radius 1 is 1.44 bits per heavy atom. The number of aliphatic carboxylic acids is 1. The monoisotopic (exact) mass is 277 g/mol. The highest BCUT2D eigenvalue weighted by molar-refractivity contribution is 7.91. The fourth-order valence-electron chi connectivity index (χ4n) is 2.42. The molecule has 6 heteroatoms. The molecule has 1 fully saturated rings. The van der Waals surface area contributed by atoms with Crippen molar-refractivity contribution in [1.82, 2.24) is 4.90 Å². The topological polar surface area (TPSA) is 74.7 Å². The van der Waals surface area contributed by atoms with Gasteiger partial charge in [0, 0.05) is 18.7 Å². The van der Waals surface area contributed by atoms with Crippen molar-refractivity contribution in [3.8, 4) is 0 Å². The smallest absolute Gasteiger partial charge is 0.303 e. The van der Waals surface area contributed by atoms with Crippen LogP contribution < -0.4 is 0 Å². The van der Waals surface area contributed by atoms with E-state index >= 15 is 0 Å². The average Bonchev–Trinajstić information content (AvgIpc) is 2.28. The van der Waals surface area contributed by atoms with Crippen LogP contribution in [0.3, 0.4) is 0 Å². The van der Waals surface area contributed by atoms with Crippen LogP contribution in [0.15, 0.2) is 0 Å². The molecule has 1 unspecified atom stereocenters. The first-order chi connectivity index (χ1) is 8.43. The molecule has 0 spiro atoms. The second kappa shape index (κ2) is 7.09. The van der Waals surface area contributed by atoms with Crippen molar-refractivity contribution < 1.29 is 18.3 Å². The molecule has 0 bridgehead atoms. The van der Waals surface area contributed by atoms with Gasteiger partial charge in [-0.15, -0.1) is 0 Å². The first-order valence-corrected chi connectivity index (χ1v) is 8.39. The zero-order valence-corrected chi connectivity index (χ0v) is 11.8. The van der Waals surface area contributed by atoms with E-state index in [0.29, 0.717) is 6.42 Å². The van der Waals surface area contributed by atoms with E-state index in [9.17, 15) is 13.2 Å². The molecular formula is C12H23NO4S. The number of hydrogen-bond acceptors (Lipinski definition) is 4. The highest BCUT2D eigenvalue weighted by Crippen LogP contribution is 2.19. The lowest BCUT2D eigenvalue weighted by Gasteiger charge is -2.31. The standard InChI is InChI=1S/C12H23NO4S/c1-2-18(16,17)8-4-7-13-6-3-5-11(10-13)9-12(14)15/h11H,2-10H2,1H3,(H,14,15). The molecule has 1 rings (SSSR count). The van der Waals surface area contributed by atoms with Crippen molar-refractivity contribution in [1.29, 1.82) is 0 Å². The van der Waals surface area contributed by atoms with Crippen LogP contribution in [0.2, 0.25) is 0 Å². The van der Waals surface area contributed by atoms with Crippen LogP contribution in [-0.2, 0) is 14.6 Å². The van der Waals surface area contributed by atoms with Gasteiger partial charge in [-0.25, -0.2) is 8.42 Å². The molecule has 0 amide bonds. The summed E-state index contributed by atoms with van der Waals surface area (Å²) in [5.74, 6) is -0.0763. The van der Waals surface area contributed by atoms with Crippen LogP contribution in [-0.4, -0.2) is 55.5 Å². The largest absolute Gasteiger partial charge is 0.481 e. The fraction of sp³-hybridized carbons (Fsp3) is 0.917. The Hall–Kier alpha value is -0.620. The first-order valence-electron chi connectivity index (χ1n) is 6.57. The zero-order chi connectivity index (χ0) is 13.6. The van der Waals surface area contributed by atoms with E-state index in [1.807, 2.05) is 0 Å². The van der Waals surface area contributed by atoms with Crippen LogP contribution >= 0.6 is 0 Å². The molecule has 1 aliphatic rings. The summed E-state index contributed by atoms with van der Waals surface area (Å²) in [6.45, 7) is 4.18. The molecule has 5 nitrogen and oxygen atoms in total. The van der Waals surface area contributed by atoms with Crippen molar-refractivity contribution >= 4 is 15.8 Å². The Bertz CT molecular complexity index is 366. The van der Waals surface area contributed by atoms with Gasteiger partial charge in [-0.05, 0) is 38.3 Å². The van der Waals surface area contributed by atoms with Gasteiger partial charge >= 0.3 is 5.97 Å². The van der Waals surface area contributed by atoms with E-state index in [0.717, 1.165) is 32.5 Å². The Kier molecular flexibility index (Phi) is 6.08. The Morgan fingerprint density at radius 3 is 2.78 bits per heavy atom. The molecule has 106 valence electrons. The quantitative estimate of drug-likeness (QED) is 0.751. The molecule has 0 saturated carbocycles. The lowest BCUT2D eigenvalue weighted by molar-refractivity contribution is -0.138. The molecule has 1 heterocycles. The molecule has 0 aromatic carbocycles. The summed E-state index contributed by atoms with van der Waals surface area (Å²) >= 11 is 0. The van der Waals surface area contributed by atoms with Gasteiger partial charge in [0.1, 0.15) is 9.84 Å². The van der Waals surface area contributed by atoms with Gasteiger partial charge in [0.15, 0.2) is 0 Å². The van der Waals surface area contributed by atoms with Crippen LogP contribution in [0.5, 0.6) is 0 Å². The summed E-state index contributed by atoms with van der Waals surface area (Å²) < 4.78 is 22.7. The second-order valence-corrected chi connectivity index (χ2v) is 7.47. The SMILES string of the molecule is CCS(=O)(=O)CCCN1CCCC(CC(=O)O)C1. The maximum Gasteiger partial charge on any atom is 0.303 e. The Morgan fingerprint density at radius 2 is 2.17 bits per heavy atom. The number of rotatable bonds is 7. The molecule has 0 aromatic rings. The van der Waals surface area contributed by atoms with Crippen LogP contribution in [0, 0.1) is 5.92 Å². The van der Waals surface area contributed by atoms with Crippen LogP contribution in [0.1, 0.15) is 32.6 Å². The summed E-state index contributed by atoms with van der Waals surface area (Å²) in [7, 11) is -2.87. The zero-order valence-electron chi connectivity index (χ0n) is 11.0. The Balaban J connectivity index is 2.28. The first kappa shape index (κ1) is 15.4.